The van der Waals surface area contributed by atoms with Crippen LogP contribution in [0.1, 0.15) is 20.9 Å². The van der Waals surface area contributed by atoms with Gasteiger partial charge < -0.3 is 9.64 Å². The number of thiazole rings is 1. The van der Waals surface area contributed by atoms with Crippen LogP contribution in [0.5, 0.6) is 11.8 Å². The molecule has 0 aliphatic carbocycles. The first kappa shape index (κ1) is 21.9. The van der Waals surface area contributed by atoms with Gasteiger partial charge in [0, 0.05) is 31.6 Å². The quantitative estimate of drug-likeness (QED) is 0.353. The Morgan fingerprint density at radius 2 is 1.78 bits per heavy atom. The zero-order valence-corrected chi connectivity index (χ0v) is 19.5. The molecule has 0 atom stereocenters. The fourth-order valence-corrected chi connectivity index (χ4v) is 4.27. The molecule has 1 amide bonds. The lowest BCUT2D eigenvalue weighted by atomic mass is 10.2. The van der Waals surface area contributed by atoms with Crippen LogP contribution in [0.3, 0.4) is 0 Å². The van der Waals surface area contributed by atoms with E-state index in [1.165, 1.54) is 33.6 Å². The summed E-state index contributed by atoms with van der Waals surface area (Å²) in [5.74, 6) is 1.72. The van der Waals surface area contributed by atoms with Gasteiger partial charge in [0.25, 0.3) is 5.91 Å². The number of hydrogen-bond donors (Lipinski definition) is 0. The monoisotopic (exact) mass is 463 g/mol. The molecule has 0 bridgehead atoms. The van der Waals surface area contributed by atoms with Gasteiger partial charge in [-0.15, -0.1) is 11.3 Å². The van der Waals surface area contributed by atoms with Gasteiger partial charge >= 0.3 is 6.01 Å². The van der Waals surface area contributed by atoms with Gasteiger partial charge in [-0.2, -0.15) is 9.97 Å². The van der Waals surface area contributed by atoms with Gasteiger partial charge in [0.15, 0.2) is 11.0 Å². The van der Waals surface area contributed by atoms with Gasteiger partial charge in [0.05, 0.1) is 9.88 Å². The molecular formula is C23H21N5O2S2. The predicted octanol–water partition coefficient (Wildman–Crippen LogP) is 5.09. The third-order valence-corrected chi connectivity index (χ3v) is 6.19. The zero-order valence-electron chi connectivity index (χ0n) is 17.8. The third kappa shape index (κ3) is 5.49. The Labute approximate surface area is 194 Å². The van der Waals surface area contributed by atoms with Crippen LogP contribution in [0.4, 0.5) is 0 Å². The first-order valence-corrected chi connectivity index (χ1v) is 11.6. The van der Waals surface area contributed by atoms with Crippen LogP contribution in [0.15, 0.2) is 66.0 Å². The Balaban J connectivity index is 1.59. The van der Waals surface area contributed by atoms with E-state index in [0.717, 1.165) is 15.6 Å². The number of ether oxygens (including phenoxy) is 1. The molecular weight excluding hydrogens is 442 g/mol. The molecule has 0 aliphatic heterocycles. The lowest BCUT2D eigenvalue weighted by Crippen LogP contribution is -2.21. The van der Waals surface area contributed by atoms with Gasteiger partial charge in [-0.3, -0.25) is 4.79 Å². The molecule has 0 saturated carbocycles. The molecule has 0 aliphatic rings. The van der Waals surface area contributed by atoms with Crippen LogP contribution in [0.25, 0.3) is 10.7 Å². The Hall–Kier alpha value is -3.30. The van der Waals surface area contributed by atoms with Crippen molar-refractivity contribution >= 4 is 29.0 Å². The SMILES string of the molecule is Cc1ncc(-c2nc(Oc3ccc(C(=O)N(C)C)cc3)nc(SCc3ccccc3)n2)s1. The van der Waals surface area contributed by atoms with E-state index in [9.17, 15) is 4.79 Å². The highest BCUT2D eigenvalue weighted by Crippen LogP contribution is 2.29. The number of thioether (sulfide) groups is 1. The summed E-state index contributed by atoms with van der Waals surface area (Å²) in [4.78, 5) is 32.4. The standard InChI is InChI=1S/C23H21N5O2S2/c1-15-24-13-19(32-15)20-25-22(27-23(26-20)31-14-16-7-5-4-6-8-16)30-18-11-9-17(10-12-18)21(29)28(2)3/h4-13H,14H2,1-3H3. The molecule has 0 fully saturated rings. The van der Waals surface area contributed by atoms with Crippen molar-refractivity contribution in [2.75, 3.05) is 14.1 Å². The number of carbonyl (C=O) groups is 1. The summed E-state index contributed by atoms with van der Waals surface area (Å²) in [6, 6.07) is 17.2. The minimum absolute atomic E-state index is 0.0702. The van der Waals surface area contributed by atoms with Crippen molar-refractivity contribution in [2.45, 2.75) is 17.8 Å². The fraction of sp³-hybridized carbons (Fsp3) is 0.174. The number of aryl methyl sites for hydroxylation is 1. The smallest absolute Gasteiger partial charge is 0.326 e. The second kappa shape index (κ2) is 9.88. The van der Waals surface area contributed by atoms with E-state index < -0.39 is 0 Å². The molecule has 0 saturated heterocycles. The summed E-state index contributed by atoms with van der Waals surface area (Å²) in [5, 5.41) is 1.50. The molecule has 0 spiro atoms. The first-order chi connectivity index (χ1) is 15.5. The Morgan fingerprint density at radius 1 is 1.03 bits per heavy atom. The number of nitrogens with zero attached hydrogens (tertiary/aromatic N) is 5. The van der Waals surface area contributed by atoms with E-state index in [1.807, 2.05) is 25.1 Å². The van der Waals surface area contributed by atoms with E-state index >= 15 is 0 Å². The van der Waals surface area contributed by atoms with E-state index in [-0.39, 0.29) is 11.9 Å². The summed E-state index contributed by atoms with van der Waals surface area (Å²) in [6.07, 6.45) is 1.76. The highest BCUT2D eigenvalue weighted by atomic mass is 32.2. The van der Waals surface area contributed by atoms with Crippen molar-refractivity contribution < 1.29 is 9.53 Å². The average molecular weight is 464 g/mol. The second-order valence-corrected chi connectivity index (χ2v) is 9.25. The minimum Gasteiger partial charge on any atom is -0.424 e. The summed E-state index contributed by atoms with van der Waals surface area (Å²) in [5.41, 5.74) is 1.76. The molecule has 7 nitrogen and oxygen atoms in total. The van der Waals surface area contributed by atoms with Gasteiger partial charge in [-0.25, -0.2) is 9.97 Å². The number of amides is 1. The van der Waals surface area contributed by atoms with Gasteiger partial charge in [0.1, 0.15) is 5.75 Å². The highest BCUT2D eigenvalue weighted by molar-refractivity contribution is 7.98. The van der Waals surface area contributed by atoms with Crippen LogP contribution in [0.2, 0.25) is 0 Å². The number of carbonyl (C=O) groups excluding carboxylic acids is 1. The Bertz CT molecular complexity index is 1210. The molecule has 4 rings (SSSR count). The summed E-state index contributed by atoms with van der Waals surface area (Å²) < 4.78 is 5.92. The predicted molar refractivity (Wildman–Crippen MR) is 126 cm³/mol. The van der Waals surface area contributed by atoms with Crippen LogP contribution in [-0.2, 0) is 5.75 Å². The van der Waals surface area contributed by atoms with Crippen molar-refractivity contribution in [3.05, 3.63) is 76.9 Å². The zero-order chi connectivity index (χ0) is 22.5. The maximum absolute atomic E-state index is 12.1. The Kier molecular flexibility index (Phi) is 6.77. The number of aromatic nitrogens is 4. The Morgan fingerprint density at radius 3 is 2.44 bits per heavy atom. The van der Waals surface area contributed by atoms with Crippen molar-refractivity contribution in [3.63, 3.8) is 0 Å². The van der Waals surface area contributed by atoms with Crippen LogP contribution in [0, 0.1) is 6.92 Å². The van der Waals surface area contributed by atoms with E-state index in [1.54, 1.807) is 44.6 Å². The first-order valence-electron chi connectivity index (χ1n) is 9.83. The molecule has 4 aromatic rings. The maximum Gasteiger partial charge on any atom is 0.326 e. The third-order valence-electron chi connectivity index (χ3n) is 4.36. The largest absolute Gasteiger partial charge is 0.424 e. The van der Waals surface area contributed by atoms with Gasteiger partial charge in [0.2, 0.25) is 0 Å². The molecule has 0 unspecified atom stereocenters. The normalized spacial score (nSPS) is 10.7. The molecule has 2 heterocycles. The van der Waals surface area contributed by atoms with E-state index in [2.05, 4.69) is 32.1 Å². The maximum atomic E-state index is 12.1. The van der Waals surface area contributed by atoms with E-state index in [4.69, 9.17) is 4.74 Å². The van der Waals surface area contributed by atoms with Gasteiger partial charge in [-0.05, 0) is 36.8 Å². The summed E-state index contributed by atoms with van der Waals surface area (Å²) in [6.45, 7) is 1.94. The minimum atomic E-state index is -0.0702. The summed E-state index contributed by atoms with van der Waals surface area (Å²) >= 11 is 3.03. The van der Waals surface area contributed by atoms with Crippen LogP contribution in [-0.4, -0.2) is 44.8 Å². The van der Waals surface area contributed by atoms with Crippen molar-refractivity contribution in [2.24, 2.45) is 0 Å². The highest BCUT2D eigenvalue weighted by Gasteiger charge is 2.14. The number of hydrogen-bond acceptors (Lipinski definition) is 8. The number of benzene rings is 2. The lowest BCUT2D eigenvalue weighted by molar-refractivity contribution is 0.0827. The van der Waals surface area contributed by atoms with Gasteiger partial charge in [-0.1, -0.05) is 42.1 Å². The van der Waals surface area contributed by atoms with Crippen molar-refractivity contribution in [3.8, 4) is 22.5 Å². The second-order valence-electron chi connectivity index (χ2n) is 7.07. The fourth-order valence-electron chi connectivity index (χ4n) is 2.77. The topological polar surface area (TPSA) is 81.1 Å². The van der Waals surface area contributed by atoms with Crippen LogP contribution >= 0.6 is 23.1 Å². The van der Waals surface area contributed by atoms with Crippen molar-refractivity contribution in [1.82, 2.24) is 24.8 Å². The lowest BCUT2D eigenvalue weighted by Gasteiger charge is -2.11. The average Bonchev–Trinajstić information content (AvgIpc) is 3.24. The van der Waals surface area contributed by atoms with Crippen molar-refractivity contribution in [1.29, 1.82) is 0 Å². The summed E-state index contributed by atoms with van der Waals surface area (Å²) in [7, 11) is 3.43. The number of rotatable bonds is 7. The molecule has 0 radical (unpaired) electrons. The molecule has 2 aromatic carbocycles. The molecule has 2 aromatic heterocycles. The van der Waals surface area contributed by atoms with Crippen LogP contribution < -0.4 is 4.74 Å². The van der Waals surface area contributed by atoms with E-state index in [0.29, 0.717) is 22.3 Å². The molecule has 162 valence electrons. The molecule has 0 N–H and O–H groups in total. The molecule has 32 heavy (non-hydrogen) atoms. The molecule has 9 heteroatoms.